The van der Waals surface area contributed by atoms with E-state index in [9.17, 15) is 5.11 Å². The summed E-state index contributed by atoms with van der Waals surface area (Å²) in [6.45, 7) is 18.4. The van der Waals surface area contributed by atoms with E-state index in [1.165, 1.54) is 5.57 Å². The number of hydrogen-bond donors (Lipinski definition) is 1. The fourth-order valence-corrected chi connectivity index (χ4v) is 6.09. The molecule has 2 aliphatic rings. The van der Waals surface area contributed by atoms with E-state index in [2.05, 4.69) is 54.6 Å². The summed E-state index contributed by atoms with van der Waals surface area (Å²) >= 11 is 0. The second-order valence-electron chi connectivity index (χ2n) is 10.9. The van der Waals surface area contributed by atoms with Crippen molar-refractivity contribution < 1.29 is 14.3 Å². The summed E-state index contributed by atoms with van der Waals surface area (Å²) in [5, 5.41) is 11.5. The Morgan fingerprint density at radius 2 is 1.85 bits per heavy atom. The van der Waals surface area contributed by atoms with Crippen LogP contribution in [0.2, 0.25) is 18.1 Å². The summed E-state index contributed by atoms with van der Waals surface area (Å²) in [6.07, 6.45) is 7.02. The van der Waals surface area contributed by atoms with Gasteiger partial charge in [-0.05, 0) is 73.1 Å². The normalized spacial score (nSPS) is 37.7. The molecule has 0 heterocycles. The first kappa shape index (κ1) is 22.0. The number of aliphatic hydroxyl groups is 1. The quantitative estimate of drug-likeness (QED) is 0.486. The van der Waals surface area contributed by atoms with Crippen LogP contribution < -0.4 is 0 Å². The van der Waals surface area contributed by atoms with Gasteiger partial charge in [-0.2, -0.15) is 0 Å². The van der Waals surface area contributed by atoms with Crippen LogP contribution in [0.25, 0.3) is 0 Å². The van der Waals surface area contributed by atoms with E-state index >= 15 is 0 Å². The molecule has 3 nitrogen and oxygen atoms in total. The maximum atomic E-state index is 11.2. The molecule has 0 aliphatic heterocycles. The maximum absolute atomic E-state index is 11.2. The topological polar surface area (TPSA) is 38.7 Å². The van der Waals surface area contributed by atoms with Crippen molar-refractivity contribution in [2.24, 2.45) is 17.3 Å². The van der Waals surface area contributed by atoms with Crippen molar-refractivity contribution in [1.29, 1.82) is 0 Å². The lowest BCUT2D eigenvalue weighted by Gasteiger charge is -2.57. The smallest absolute Gasteiger partial charge is 0.192 e. The molecule has 0 radical (unpaired) electrons. The largest absolute Gasteiger partial charge is 0.504 e. The van der Waals surface area contributed by atoms with Gasteiger partial charge in [0.2, 0.25) is 0 Å². The molecule has 0 saturated heterocycles. The average Bonchev–Trinajstić information content (AvgIpc) is 2.50. The number of methoxy groups -OCH3 is 1. The van der Waals surface area contributed by atoms with Crippen LogP contribution in [0, 0.1) is 17.3 Å². The van der Waals surface area contributed by atoms with E-state index in [4.69, 9.17) is 9.16 Å². The van der Waals surface area contributed by atoms with Crippen LogP contribution in [0.5, 0.6) is 0 Å². The third-order valence-electron chi connectivity index (χ3n) is 7.92. The van der Waals surface area contributed by atoms with Crippen LogP contribution >= 0.6 is 0 Å². The summed E-state index contributed by atoms with van der Waals surface area (Å²) in [5.74, 6) is 0.615. The second-order valence-corrected chi connectivity index (χ2v) is 15.6. The van der Waals surface area contributed by atoms with Crippen molar-refractivity contribution in [1.82, 2.24) is 0 Å². The molecule has 0 bridgehead atoms. The molecule has 4 atom stereocenters. The molecular weight excluding hydrogens is 340 g/mol. The van der Waals surface area contributed by atoms with E-state index in [1.807, 2.05) is 6.26 Å². The molecule has 4 heteroatoms. The molecule has 2 aliphatic carbocycles. The Hall–Kier alpha value is -0.323. The Kier molecular flexibility index (Phi) is 6.13. The summed E-state index contributed by atoms with van der Waals surface area (Å²) in [5.41, 5.74) is 0.874. The summed E-state index contributed by atoms with van der Waals surface area (Å²) < 4.78 is 12.4. The highest BCUT2D eigenvalue weighted by molar-refractivity contribution is 6.74. The van der Waals surface area contributed by atoms with Crippen molar-refractivity contribution in [2.45, 2.75) is 103 Å². The van der Waals surface area contributed by atoms with Gasteiger partial charge < -0.3 is 14.3 Å². The lowest BCUT2D eigenvalue weighted by Crippen LogP contribution is -2.57. The van der Waals surface area contributed by atoms with Gasteiger partial charge in [-0.25, -0.2) is 0 Å². The maximum Gasteiger partial charge on any atom is 0.192 e. The van der Waals surface area contributed by atoms with E-state index in [1.54, 1.807) is 7.11 Å². The fraction of sp³-hybridized carbons (Fsp3) is 0.909. The molecule has 0 aromatic carbocycles. The van der Waals surface area contributed by atoms with Gasteiger partial charge >= 0.3 is 0 Å². The van der Waals surface area contributed by atoms with Crippen molar-refractivity contribution in [3.05, 3.63) is 11.8 Å². The standard InChI is InChI=1S/C22H42O3Si/c1-16(2)22(23)13-12-21(6)18(14-22)17(15-24-7)10-11-19(21)25-26(8,9)20(3,4)5/h15-16,18-19,23H,10-14H2,1-9H3/b17-15+/t18-,19+,21+,22-/m0/s1. The van der Waals surface area contributed by atoms with Crippen LogP contribution in [0.1, 0.15) is 73.6 Å². The van der Waals surface area contributed by atoms with E-state index in [-0.39, 0.29) is 22.5 Å². The summed E-state index contributed by atoms with van der Waals surface area (Å²) in [4.78, 5) is 0. The molecule has 0 aromatic rings. The van der Waals surface area contributed by atoms with Gasteiger partial charge in [0.25, 0.3) is 0 Å². The number of ether oxygens (including phenoxy) is 1. The molecule has 1 N–H and O–H groups in total. The highest BCUT2D eigenvalue weighted by Gasteiger charge is 2.55. The third kappa shape index (κ3) is 3.93. The SMILES string of the molecule is CO/C=C1\CC[C@@H](O[Si](C)(C)C(C)(C)C)[C@]2(C)CC[C@@](O)(C(C)C)C[C@@H]12. The predicted octanol–water partition coefficient (Wildman–Crippen LogP) is 5.89. The minimum Gasteiger partial charge on any atom is -0.504 e. The molecule has 0 unspecified atom stereocenters. The molecule has 0 spiro atoms. The first-order valence-electron chi connectivity index (χ1n) is 10.4. The lowest BCUT2D eigenvalue weighted by molar-refractivity contribution is -0.124. The molecule has 2 saturated carbocycles. The zero-order valence-electron chi connectivity index (χ0n) is 18.6. The predicted molar refractivity (Wildman–Crippen MR) is 112 cm³/mol. The molecule has 0 amide bonds. The summed E-state index contributed by atoms with van der Waals surface area (Å²) in [7, 11) is -0.0908. The van der Waals surface area contributed by atoms with Crippen LogP contribution in [0.3, 0.4) is 0 Å². The van der Waals surface area contributed by atoms with Crippen molar-refractivity contribution in [3.8, 4) is 0 Å². The van der Waals surface area contributed by atoms with Crippen molar-refractivity contribution in [3.63, 3.8) is 0 Å². The van der Waals surface area contributed by atoms with Gasteiger partial charge in [0.15, 0.2) is 8.32 Å². The Labute approximate surface area is 162 Å². The number of allylic oxidation sites excluding steroid dienone is 1. The zero-order chi connectivity index (χ0) is 20.0. The molecule has 0 aromatic heterocycles. The fourth-order valence-electron chi connectivity index (χ4n) is 4.63. The first-order chi connectivity index (χ1) is 11.8. The van der Waals surface area contributed by atoms with E-state index in [0.29, 0.717) is 5.92 Å². The molecule has 2 fully saturated rings. The van der Waals surface area contributed by atoms with Gasteiger partial charge in [-0.1, -0.05) is 41.5 Å². The Bertz CT molecular complexity index is 534. The first-order valence-corrected chi connectivity index (χ1v) is 13.3. The van der Waals surface area contributed by atoms with Crippen molar-refractivity contribution >= 4 is 8.32 Å². The van der Waals surface area contributed by atoms with E-state index in [0.717, 1.165) is 32.1 Å². The molecule has 26 heavy (non-hydrogen) atoms. The van der Waals surface area contributed by atoms with Gasteiger partial charge in [-0.15, -0.1) is 0 Å². The minimum atomic E-state index is -1.83. The zero-order valence-corrected chi connectivity index (χ0v) is 19.6. The summed E-state index contributed by atoms with van der Waals surface area (Å²) in [6, 6.07) is 0. The Morgan fingerprint density at radius 3 is 2.35 bits per heavy atom. The molecular formula is C22H42O3Si. The van der Waals surface area contributed by atoms with Crippen LogP contribution in [0.4, 0.5) is 0 Å². The lowest BCUT2D eigenvalue weighted by atomic mass is 9.53. The number of hydrogen-bond acceptors (Lipinski definition) is 3. The van der Waals surface area contributed by atoms with E-state index < -0.39 is 13.9 Å². The minimum absolute atomic E-state index is 0.0826. The van der Waals surface area contributed by atoms with Gasteiger partial charge in [-0.3, -0.25) is 0 Å². The van der Waals surface area contributed by atoms with Gasteiger partial charge in [0.1, 0.15) is 0 Å². The highest BCUT2D eigenvalue weighted by atomic mass is 28.4. The Morgan fingerprint density at radius 1 is 1.23 bits per heavy atom. The molecule has 2 rings (SSSR count). The van der Waals surface area contributed by atoms with Crippen LogP contribution in [-0.4, -0.2) is 32.2 Å². The van der Waals surface area contributed by atoms with Crippen LogP contribution in [-0.2, 0) is 9.16 Å². The number of rotatable bonds is 4. The highest BCUT2D eigenvalue weighted by Crippen LogP contribution is 2.58. The second kappa shape index (κ2) is 7.25. The molecule has 152 valence electrons. The average molecular weight is 383 g/mol. The number of fused-ring (bicyclic) bond motifs is 1. The monoisotopic (exact) mass is 382 g/mol. The Balaban J connectivity index is 2.35. The van der Waals surface area contributed by atoms with Gasteiger partial charge in [0, 0.05) is 0 Å². The van der Waals surface area contributed by atoms with Crippen LogP contribution in [0.15, 0.2) is 11.8 Å². The third-order valence-corrected chi connectivity index (χ3v) is 12.4. The van der Waals surface area contributed by atoms with Crippen molar-refractivity contribution in [2.75, 3.05) is 7.11 Å². The van der Waals surface area contributed by atoms with Gasteiger partial charge in [0.05, 0.1) is 25.1 Å².